The Bertz CT molecular complexity index is 1560. The number of carbonyl (C=O) groups excluding carboxylic acids is 5. The number of nitrogens with zero attached hydrogens (tertiary/aromatic N) is 3. The lowest BCUT2D eigenvalue weighted by Crippen LogP contribution is -2.64. The number of aromatic nitrogens is 1. The molecule has 0 aliphatic carbocycles. The summed E-state index contributed by atoms with van der Waals surface area (Å²) in [6.07, 6.45) is 1.32. The van der Waals surface area contributed by atoms with Crippen LogP contribution < -0.4 is 10.6 Å². The van der Waals surface area contributed by atoms with E-state index in [0.717, 1.165) is 10.9 Å². The van der Waals surface area contributed by atoms with Crippen molar-refractivity contribution >= 4 is 40.4 Å². The molecule has 0 spiro atoms. The zero-order chi connectivity index (χ0) is 29.9. The Balaban J connectivity index is 1.18. The molecule has 12 heteroatoms. The monoisotopic (exact) mass is 585 g/mol. The second kappa shape index (κ2) is 12.2. The van der Waals surface area contributed by atoms with Gasteiger partial charge < -0.3 is 20.1 Å². The SMILES string of the molecule is O=C1C[C@H](NC(=O)[C@@H]2CCCN3C(=O)CC[C@H](NC(=O)c4nccc5ccccc45)C(=O)N23)[C@@H](OCc2ccccc2)O1. The third-order valence-corrected chi connectivity index (χ3v) is 7.91. The standard InChI is InChI=1S/C31H31N5O7/c37-25-13-12-22(33-29(40)27-21-10-5-4-9-20(21)14-15-32-27)30(41)36-24(11-6-16-35(25)36)28(39)34-23-17-26(38)43-31(23)42-18-19-7-2-1-3-8-19/h1-5,7-10,14-15,22-24,31H,6,11-13,16-18H2,(H,33,40)(H,34,39)/t22-,23-,24-,31-/m0/s1. The van der Waals surface area contributed by atoms with Crippen LogP contribution in [0, 0.1) is 0 Å². The van der Waals surface area contributed by atoms with E-state index in [1.807, 2.05) is 42.5 Å². The van der Waals surface area contributed by atoms with Crippen LogP contribution in [0.25, 0.3) is 10.8 Å². The number of pyridine rings is 1. The summed E-state index contributed by atoms with van der Waals surface area (Å²) in [6.45, 7) is 0.447. The van der Waals surface area contributed by atoms with Crippen molar-refractivity contribution in [3.05, 3.63) is 78.1 Å². The van der Waals surface area contributed by atoms with Crippen LogP contribution in [0.4, 0.5) is 0 Å². The van der Waals surface area contributed by atoms with Gasteiger partial charge in [0.2, 0.25) is 18.1 Å². The van der Waals surface area contributed by atoms with Gasteiger partial charge in [0.1, 0.15) is 23.8 Å². The van der Waals surface area contributed by atoms with Crippen molar-refractivity contribution in [2.75, 3.05) is 6.54 Å². The number of cyclic esters (lactones) is 1. The number of amides is 4. The Kier molecular flexibility index (Phi) is 8.01. The summed E-state index contributed by atoms with van der Waals surface area (Å²) in [6, 6.07) is 15.6. The van der Waals surface area contributed by atoms with Crippen LogP contribution in [-0.4, -0.2) is 75.6 Å². The highest BCUT2D eigenvalue weighted by Crippen LogP contribution is 2.27. The topological polar surface area (TPSA) is 147 Å². The van der Waals surface area contributed by atoms with Crippen LogP contribution in [0.5, 0.6) is 0 Å². The van der Waals surface area contributed by atoms with Gasteiger partial charge in [0, 0.05) is 24.5 Å². The summed E-state index contributed by atoms with van der Waals surface area (Å²) >= 11 is 0. The van der Waals surface area contributed by atoms with Gasteiger partial charge in [-0.25, -0.2) is 5.01 Å². The van der Waals surface area contributed by atoms with Crippen molar-refractivity contribution in [1.29, 1.82) is 0 Å². The molecule has 222 valence electrons. The molecule has 2 aromatic carbocycles. The number of ether oxygens (including phenoxy) is 2. The lowest BCUT2D eigenvalue weighted by Gasteiger charge is -2.43. The van der Waals surface area contributed by atoms with Gasteiger partial charge in [-0.2, -0.15) is 0 Å². The fourth-order valence-corrected chi connectivity index (χ4v) is 5.77. The van der Waals surface area contributed by atoms with Gasteiger partial charge in [0.05, 0.1) is 13.0 Å². The molecule has 3 aliphatic heterocycles. The zero-order valence-electron chi connectivity index (χ0n) is 23.3. The molecule has 12 nitrogen and oxygen atoms in total. The number of nitrogens with one attached hydrogen (secondary N) is 2. The van der Waals surface area contributed by atoms with Crippen LogP contribution in [-0.2, 0) is 35.3 Å². The zero-order valence-corrected chi connectivity index (χ0v) is 23.3. The van der Waals surface area contributed by atoms with Crippen LogP contribution in [0.15, 0.2) is 66.9 Å². The van der Waals surface area contributed by atoms with Crippen molar-refractivity contribution in [1.82, 2.24) is 25.6 Å². The molecular formula is C31H31N5O7. The van der Waals surface area contributed by atoms with Gasteiger partial charge in [-0.05, 0) is 36.3 Å². The van der Waals surface area contributed by atoms with Gasteiger partial charge >= 0.3 is 5.97 Å². The number of rotatable bonds is 7. The van der Waals surface area contributed by atoms with Crippen molar-refractivity contribution in [3.8, 4) is 0 Å². The minimum atomic E-state index is -1.05. The smallest absolute Gasteiger partial charge is 0.310 e. The number of benzene rings is 2. The first-order valence-corrected chi connectivity index (χ1v) is 14.3. The Morgan fingerprint density at radius 1 is 0.977 bits per heavy atom. The van der Waals surface area contributed by atoms with Crippen molar-refractivity contribution in [2.45, 2.75) is 63.1 Å². The summed E-state index contributed by atoms with van der Waals surface area (Å²) in [7, 11) is 0. The molecule has 3 aliphatic rings. The molecule has 43 heavy (non-hydrogen) atoms. The van der Waals surface area contributed by atoms with E-state index in [2.05, 4.69) is 15.6 Å². The molecule has 0 saturated carbocycles. The van der Waals surface area contributed by atoms with Crippen molar-refractivity contribution in [2.24, 2.45) is 0 Å². The Hall–Kier alpha value is -4.84. The molecule has 1 aromatic heterocycles. The summed E-state index contributed by atoms with van der Waals surface area (Å²) < 4.78 is 11.1. The number of esters is 1. The maximum atomic E-state index is 13.9. The first-order valence-electron chi connectivity index (χ1n) is 14.3. The predicted octanol–water partition coefficient (Wildman–Crippen LogP) is 1.84. The highest BCUT2D eigenvalue weighted by Gasteiger charge is 2.46. The molecule has 0 bridgehead atoms. The third kappa shape index (κ3) is 5.91. The molecule has 2 N–H and O–H groups in total. The molecule has 3 saturated heterocycles. The van der Waals surface area contributed by atoms with E-state index in [1.54, 1.807) is 18.2 Å². The Morgan fingerprint density at radius 3 is 2.60 bits per heavy atom. The number of hydrazine groups is 1. The lowest BCUT2D eigenvalue weighted by atomic mass is 10.0. The lowest BCUT2D eigenvalue weighted by molar-refractivity contribution is -0.177. The van der Waals surface area contributed by atoms with Crippen LogP contribution in [0.3, 0.4) is 0 Å². The molecule has 4 heterocycles. The van der Waals surface area contributed by atoms with Crippen LogP contribution >= 0.6 is 0 Å². The van der Waals surface area contributed by atoms with Crippen molar-refractivity contribution in [3.63, 3.8) is 0 Å². The van der Waals surface area contributed by atoms with E-state index in [1.165, 1.54) is 16.2 Å². The summed E-state index contributed by atoms with van der Waals surface area (Å²) in [5, 5.41) is 9.51. The molecule has 4 atom stereocenters. The average molecular weight is 586 g/mol. The maximum Gasteiger partial charge on any atom is 0.310 e. The van der Waals surface area contributed by atoms with Crippen LogP contribution in [0.2, 0.25) is 0 Å². The maximum absolute atomic E-state index is 13.9. The summed E-state index contributed by atoms with van der Waals surface area (Å²) in [4.78, 5) is 70.3. The average Bonchev–Trinajstić information content (AvgIpc) is 3.33. The van der Waals surface area contributed by atoms with Gasteiger partial charge in [-0.15, -0.1) is 0 Å². The summed E-state index contributed by atoms with van der Waals surface area (Å²) in [5.41, 5.74) is 1.04. The molecule has 0 unspecified atom stereocenters. The molecule has 3 fully saturated rings. The second-order valence-corrected chi connectivity index (χ2v) is 10.8. The quantitative estimate of drug-likeness (QED) is 0.400. The van der Waals surface area contributed by atoms with Gasteiger partial charge in [-0.3, -0.25) is 34.0 Å². The van der Waals surface area contributed by atoms with Gasteiger partial charge in [0.15, 0.2) is 0 Å². The number of fused-ring (bicyclic) bond motifs is 2. The number of hydrogen-bond acceptors (Lipinski definition) is 8. The largest absolute Gasteiger partial charge is 0.433 e. The van der Waals surface area contributed by atoms with Crippen LogP contribution in [0.1, 0.15) is 48.2 Å². The highest BCUT2D eigenvalue weighted by atomic mass is 16.7. The fraction of sp³-hybridized carbons (Fsp3) is 0.355. The van der Waals surface area contributed by atoms with E-state index in [-0.39, 0.29) is 44.0 Å². The fourth-order valence-electron chi connectivity index (χ4n) is 5.77. The molecule has 4 amide bonds. The van der Waals surface area contributed by atoms with E-state index < -0.39 is 48.1 Å². The van der Waals surface area contributed by atoms with E-state index in [0.29, 0.717) is 18.2 Å². The molecule has 6 rings (SSSR count). The van der Waals surface area contributed by atoms with E-state index in [4.69, 9.17) is 9.47 Å². The predicted molar refractivity (Wildman–Crippen MR) is 151 cm³/mol. The summed E-state index contributed by atoms with van der Waals surface area (Å²) in [5.74, 6) is -2.47. The number of carbonyl (C=O) groups is 5. The normalized spacial score (nSPS) is 23.9. The Morgan fingerprint density at radius 2 is 1.77 bits per heavy atom. The first kappa shape index (κ1) is 28.3. The highest BCUT2D eigenvalue weighted by molar-refractivity contribution is 6.07. The van der Waals surface area contributed by atoms with E-state index >= 15 is 0 Å². The molecule has 3 aromatic rings. The van der Waals surface area contributed by atoms with Gasteiger partial charge in [0.25, 0.3) is 11.8 Å². The van der Waals surface area contributed by atoms with Crippen molar-refractivity contribution < 1.29 is 33.4 Å². The second-order valence-electron chi connectivity index (χ2n) is 10.8. The van der Waals surface area contributed by atoms with E-state index in [9.17, 15) is 24.0 Å². The minimum absolute atomic E-state index is 0.0187. The van der Waals surface area contributed by atoms with Gasteiger partial charge in [-0.1, -0.05) is 54.6 Å². The number of hydrogen-bond donors (Lipinski definition) is 2. The minimum Gasteiger partial charge on any atom is -0.433 e. The Labute approximate surface area is 247 Å². The molecular weight excluding hydrogens is 554 g/mol. The first-order chi connectivity index (χ1) is 20.9. The third-order valence-electron chi connectivity index (χ3n) is 7.91. The molecule has 0 radical (unpaired) electrons.